The van der Waals surface area contributed by atoms with Crippen molar-refractivity contribution in [2.24, 2.45) is 21.3 Å². The Morgan fingerprint density at radius 3 is 2.70 bits per heavy atom. The summed E-state index contributed by atoms with van der Waals surface area (Å²) in [5.74, 6) is 0.743. The van der Waals surface area contributed by atoms with Gasteiger partial charge in [-0.1, -0.05) is 42.3 Å². The van der Waals surface area contributed by atoms with E-state index in [0.717, 1.165) is 36.1 Å². The van der Waals surface area contributed by atoms with Crippen LogP contribution in [0.3, 0.4) is 0 Å². The van der Waals surface area contributed by atoms with Crippen LogP contribution in [0.5, 0.6) is 0 Å². The van der Waals surface area contributed by atoms with Gasteiger partial charge in [0.15, 0.2) is 11.6 Å². The van der Waals surface area contributed by atoms with E-state index in [1.807, 2.05) is 72.2 Å². The molecule has 2 aromatic carbocycles. The minimum atomic E-state index is -0.505. The average Bonchev–Trinajstić information content (AvgIpc) is 3.68. The van der Waals surface area contributed by atoms with Crippen LogP contribution in [0.4, 0.5) is 11.4 Å². The van der Waals surface area contributed by atoms with E-state index in [9.17, 15) is 15.0 Å². The zero-order valence-corrected chi connectivity index (χ0v) is 29.1. The third kappa shape index (κ3) is 7.40. The van der Waals surface area contributed by atoms with E-state index in [0.29, 0.717) is 68.5 Å². The topological polar surface area (TPSA) is 164 Å². The van der Waals surface area contributed by atoms with E-state index >= 15 is 0 Å². The molecule has 262 valence electrons. The van der Waals surface area contributed by atoms with Crippen molar-refractivity contribution < 1.29 is 19.7 Å². The maximum absolute atomic E-state index is 14.0. The number of amidine groups is 1. The quantitative estimate of drug-likeness (QED) is 0.210. The van der Waals surface area contributed by atoms with Crippen LogP contribution < -0.4 is 21.4 Å². The van der Waals surface area contributed by atoms with Gasteiger partial charge in [-0.3, -0.25) is 19.9 Å². The number of nitrogens with two attached hydrogens (primary N) is 2. The van der Waals surface area contributed by atoms with Gasteiger partial charge >= 0.3 is 0 Å². The number of nitrogens with one attached hydrogen (secondary N) is 1. The summed E-state index contributed by atoms with van der Waals surface area (Å²) in [6, 6.07) is 13.3. The molecule has 0 saturated carbocycles. The number of rotatable bonds is 9. The fourth-order valence-corrected chi connectivity index (χ4v) is 7.30. The number of amides is 2. The summed E-state index contributed by atoms with van der Waals surface area (Å²) in [5, 5.41) is 19.5. The maximum atomic E-state index is 14.0. The molecule has 0 radical (unpaired) electrons. The number of carbonyl (C=O) groups excluding carboxylic acids is 2. The third-order valence-corrected chi connectivity index (χ3v) is 10.1. The molecule has 2 atom stereocenters. The SMILES string of the molecule is CN=CNC(=[N-])c1ccc(C2=CCN(C(=O)CN3CC[C@]4(CCN(c5ccc(N)c(C(=[NH2+])C6C=CN=C(OC(C)C)C6)c5)C4=O)C3)CC2)cc1. The van der Waals surface area contributed by atoms with Crippen LogP contribution in [0.2, 0.25) is 0 Å². The number of anilines is 2. The molecular weight excluding hydrogens is 630 g/mol. The van der Waals surface area contributed by atoms with Gasteiger partial charge in [0.1, 0.15) is 0 Å². The largest absolute Gasteiger partial charge is 0.478 e. The summed E-state index contributed by atoms with van der Waals surface area (Å²) in [7, 11) is 1.62. The van der Waals surface area contributed by atoms with Gasteiger partial charge in [0.25, 0.3) is 0 Å². The first kappa shape index (κ1) is 34.8. The van der Waals surface area contributed by atoms with Crippen LogP contribution in [0.1, 0.15) is 56.2 Å². The van der Waals surface area contributed by atoms with Crippen LogP contribution in [0, 0.1) is 11.3 Å². The number of likely N-dealkylation sites (tertiary alicyclic amines) is 1. The Kier molecular flexibility index (Phi) is 10.3. The predicted octanol–water partition coefficient (Wildman–Crippen LogP) is 2.48. The molecule has 0 bridgehead atoms. The van der Waals surface area contributed by atoms with Gasteiger partial charge < -0.3 is 36.0 Å². The van der Waals surface area contributed by atoms with Crippen molar-refractivity contribution in [3.8, 4) is 0 Å². The van der Waals surface area contributed by atoms with Gasteiger partial charge in [-0.25, -0.2) is 4.99 Å². The van der Waals surface area contributed by atoms with E-state index in [1.165, 1.54) is 11.9 Å². The highest BCUT2D eigenvalue weighted by molar-refractivity contribution is 6.08. The molecule has 50 heavy (non-hydrogen) atoms. The van der Waals surface area contributed by atoms with Gasteiger partial charge in [-0.2, -0.15) is 0 Å². The second-order valence-electron chi connectivity index (χ2n) is 13.8. The Balaban J connectivity index is 1.04. The van der Waals surface area contributed by atoms with Crippen molar-refractivity contribution in [3.63, 3.8) is 0 Å². The summed E-state index contributed by atoms with van der Waals surface area (Å²) >= 11 is 0. The van der Waals surface area contributed by atoms with Gasteiger partial charge in [0, 0.05) is 63.6 Å². The van der Waals surface area contributed by atoms with Crippen LogP contribution >= 0.6 is 0 Å². The van der Waals surface area contributed by atoms with Crippen molar-refractivity contribution >= 4 is 52.5 Å². The minimum absolute atomic E-state index is 0.0188. The van der Waals surface area contributed by atoms with Crippen molar-refractivity contribution in [1.82, 2.24) is 15.1 Å². The lowest BCUT2D eigenvalue weighted by molar-refractivity contribution is -0.132. The summed E-state index contributed by atoms with van der Waals surface area (Å²) in [4.78, 5) is 41.4. The summed E-state index contributed by atoms with van der Waals surface area (Å²) in [6.45, 7) is 7.29. The second kappa shape index (κ2) is 14.8. The third-order valence-electron chi connectivity index (χ3n) is 10.1. The van der Waals surface area contributed by atoms with Gasteiger partial charge in [0.2, 0.25) is 11.8 Å². The molecule has 0 aliphatic carbocycles. The predicted molar refractivity (Wildman–Crippen MR) is 199 cm³/mol. The monoisotopic (exact) mass is 677 g/mol. The van der Waals surface area contributed by atoms with Crippen molar-refractivity contribution in [2.75, 3.05) is 56.9 Å². The number of hydrogen-bond acceptors (Lipinski definition) is 7. The molecular formula is C38H47N9O3. The number of nitrogens with zero attached hydrogens (tertiary/aromatic N) is 6. The molecule has 2 saturated heterocycles. The molecule has 4 aliphatic heterocycles. The summed E-state index contributed by atoms with van der Waals surface area (Å²) < 4.78 is 5.82. The molecule has 2 amide bonds. The van der Waals surface area contributed by atoms with Crippen molar-refractivity contribution in [1.29, 1.82) is 0 Å². The molecule has 2 aromatic rings. The Morgan fingerprint density at radius 1 is 1.20 bits per heavy atom. The molecule has 4 aliphatic rings. The second-order valence-corrected chi connectivity index (χ2v) is 13.8. The van der Waals surface area contributed by atoms with E-state index in [-0.39, 0.29) is 29.7 Å². The Bertz CT molecular complexity index is 1780. The lowest BCUT2D eigenvalue weighted by Gasteiger charge is -2.29. The highest BCUT2D eigenvalue weighted by Crippen LogP contribution is 2.43. The highest BCUT2D eigenvalue weighted by Gasteiger charge is 2.51. The van der Waals surface area contributed by atoms with Crippen molar-refractivity contribution in [3.05, 3.63) is 82.9 Å². The number of benzene rings is 2. The van der Waals surface area contributed by atoms with E-state index in [1.54, 1.807) is 13.2 Å². The molecule has 1 spiro atoms. The van der Waals surface area contributed by atoms with Gasteiger partial charge in [0.05, 0.1) is 29.5 Å². The van der Waals surface area contributed by atoms with Crippen LogP contribution in [-0.4, -0.2) is 97.8 Å². The van der Waals surface area contributed by atoms with Crippen LogP contribution in [-0.2, 0) is 14.3 Å². The lowest BCUT2D eigenvalue weighted by Crippen LogP contribution is -2.46. The number of ether oxygens (including phenoxy) is 1. The normalized spacial score (nSPS) is 22.4. The molecule has 0 aromatic heterocycles. The van der Waals surface area contributed by atoms with E-state index in [2.05, 4.69) is 26.3 Å². The molecule has 1 unspecified atom stereocenters. The van der Waals surface area contributed by atoms with E-state index < -0.39 is 5.41 Å². The zero-order valence-electron chi connectivity index (χ0n) is 29.1. The van der Waals surface area contributed by atoms with Crippen LogP contribution in [0.15, 0.2) is 70.8 Å². The number of allylic oxidation sites excluding steroid dienone is 1. The maximum Gasteiger partial charge on any atom is 0.237 e. The lowest BCUT2D eigenvalue weighted by atomic mass is 9.85. The van der Waals surface area contributed by atoms with E-state index in [4.69, 9.17) is 15.9 Å². The Labute approximate surface area is 293 Å². The molecule has 2 fully saturated rings. The molecule has 6 rings (SSSR count). The summed E-state index contributed by atoms with van der Waals surface area (Å²) in [5.41, 5.74) is 11.5. The van der Waals surface area contributed by atoms with Crippen LogP contribution in [0.25, 0.3) is 11.0 Å². The zero-order chi connectivity index (χ0) is 35.4. The Morgan fingerprint density at radius 2 is 1.98 bits per heavy atom. The molecule has 4 heterocycles. The number of aliphatic imine (C=N–C) groups is 2. The molecule has 5 N–H and O–H groups in total. The fraction of sp³-hybridized carbons (Fsp3) is 0.421. The Hall–Kier alpha value is -5.10. The number of carbonyl (C=O) groups is 2. The molecule has 12 nitrogen and oxygen atoms in total. The first-order chi connectivity index (χ1) is 24.1. The fourth-order valence-electron chi connectivity index (χ4n) is 7.30. The standard InChI is InChI=1S/C38H46N9O3/c1-25(2)50-33-20-29(10-15-43-33)35(40)31-21-30(8-9-32(31)39)47-19-14-38(37(47)49)13-18-45(23-38)22-34(48)46-16-11-27(12-17-46)26-4-6-28(7-5-26)36(41)44-24-42-3/h4-11,15,21,24-25,29H,12-14,16-20,22-23H2,1-3H3,(H4-,39,40,41,42,44)/q-1/p+1/t29?,38-/m0/s1. The first-order valence-corrected chi connectivity index (χ1v) is 17.3. The van der Waals surface area contributed by atoms with Gasteiger partial charge in [-0.15, -0.1) is 0 Å². The highest BCUT2D eigenvalue weighted by atomic mass is 16.5. The number of nitrogen functional groups attached to an aromatic ring is 1. The average molecular weight is 678 g/mol. The van der Waals surface area contributed by atoms with Crippen molar-refractivity contribution in [2.45, 2.75) is 45.6 Å². The molecule has 12 heteroatoms. The first-order valence-electron chi connectivity index (χ1n) is 17.3. The van der Waals surface area contributed by atoms with Gasteiger partial charge in [-0.05, 0) is 74.6 Å². The smallest absolute Gasteiger partial charge is 0.237 e. The number of hydrogen-bond donors (Lipinski definition) is 3. The minimum Gasteiger partial charge on any atom is -0.478 e. The summed E-state index contributed by atoms with van der Waals surface area (Å²) in [6.07, 6.45) is 9.99.